The van der Waals surface area contributed by atoms with Crippen molar-refractivity contribution in [2.45, 2.75) is 13.0 Å². The molecule has 138 valence electrons. The lowest BCUT2D eigenvalue weighted by atomic mass is 10.2. The van der Waals surface area contributed by atoms with Crippen LogP contribution in [-0.4, -0.2) is 32.2 Å². The zero-order chi connectivity index (χ0) is 18.8. The maximum Gasteiger partial charge on any atom is 0.326 e. The van der Waals surface area contributed by atoms with Crippen molar-refractivity contribution in [3.05, 3.63) is 52.6 Å². The van der Waals surface area contributed by atoms with E-state index in [-0.39, 0.29) is 11.6 Å². The van der Waals surface area contributed by atoms with E-state index in [2.05, 4.69) is 20.5 Å². The van der Waals surface area contributed by atoms with Gasteiger partial charge in [0.2, 0.25) is 5.13 Å². The molecule has 4 N–H and O–H groups in total. The van der Waals surface area contributed by atoms with Crippen LogP contribution in [0, 0.1) is 0 Å². The van der Waals surface area contributed by atoms with E-state index in [1.54, 1.807) is 41.2 Å². The fourth-order valence-electron chi connectivity index (χ4n) is 2.72. The fraction of sp³-hybridized carbons (Fsp3) is 0.176. The number of imidazole rings is 1. The molecule has 10 heteroatoms. The van der Waals surface area contributed by atoms with Crippen LogP contribution in [0.25, 0.3) is 21.8 Å². The predicted molar refractivity (Wildman–Crippen MR) is 102 cm³/mol. The first-order valence-electron chi connectivity index (χ1n) is 8.27. The number of carbonyl (C=O) groups excluding carboxylic acids is 1. The van der Waals surface area contributed by atoms with Gasteiger partial charge in [0.1, 0.15) is 0 Å². The molecule has 0 saturated carbocycles. The molecule has 1 amide bonds. The monoisotopic (exact) mass is 384 g/mol. The highest BCUT2D eigenvalue weighted by molar-refractivity contribution is 7.18. The van der Waals surface area contributed by atoms with Crippen molar-refractivity contribution >= 4 is 33.4 Å². The molecule has 0 aliphatic carbocycles. The van der Waals surface area contributed by atoms with Crippen LogP contribution in [0.15, 0.2) is 45.8 Å². The highest BCUT2D eigenvalue weighted by Gasteiger charge is 2.14. The van der Waals surface area contributed by atoms with Crippen LogP contribution >= 0.6 is 11.3 Å². The Kier molecular flexibility index (Phi) is 4.57. The van der Waals surface area contributed by atoms with Gasteiger partial charge in [0.05, 0.1) is 17.3 Å². The summed E-state index contributed by atoms with van der Waals surface area (Å²) < 4.78 is 6.88. The van der Waals surface area contributed by atoms with Gasteiger partial charge in [0.25, 0.3) is 5.91 Å². The van der Waals surface area contributed by atoms with E-state index < -0.39 is 0 Å². The number of aryl methyl sites for hydroxylation is 1. The number of fused-ring (bicyclic) bond motifs is 1. The molecule has 0 fully saturated rings. The first-order valence-corrected chi connectivity index (χ1v) is 9.09. The second-order valence-corrected chi connectivity index (χ2v) is 6.78. The van der Waals surface area contributed by atoms with Crippen molar-refractivity contribution in [3.63, 3.8) is 0 Å². The molecule has 3 heterocycles. The Labute approximate surface area is 156 Å². The molecule has 0 aliphatic rings. The Balaban J connectivity index is 1.55. The second kappa shape index (κ2) is 7.17. The van der Waals surface area contributed by atoms with Gasteiger partial charge >= 0.3 is 5.69 Å². The van der Waals surface area contributed by atoms with E-state index in [0.717, 1.165) is 5.52 Å². The summed E-state index contributed by atoms with van der Waals surface area (Å²) in [6.45, 7) is 1.03. The first-order chi connectivity index (χ1) is 13.2. The average molecular weight is 384 g/mol. The Morgan fingerprint density at radius 1 is 1.33 bits per heavy atom. The number of nitrogens with two attached hydrogens (primary N) is 1. The predicted octanol–water partition coefficient (Wildman–Crippen LogP) is 2.04. The van der Waals surface area contributed by atoms with Gasteiger partial charge in [-0.1, -0.05) is 11.3 Å². The van der Waals surface area contributed by atoms with E-state index in [9.17, 15) is 9.59 Å². The highest BCUT2D eigenvalue weighted by atomic mass is 32.1. The minimum absolute atomic E-state index is 0.219. The number of anilines is 1. The summed E-state index contributed by atoms with van der Waals surface area (Å²) in [5.74, 6) is 0.250. The Bertz CT molecular complexity index is 1140. The lowest BCUT2D eigenvalue weighted by Crippen LogP contribution is -2.18. The minimum atomic E-state index is -0.338. The maximum atomic E-state index is 12.5. The smallest absolute Gasteiger partial charge is 0.326 e. The SMILES string of the molecule is NCCCn1c(=O)[nH]c2cc(C(=O)Nc3nnc(-c4ccco4)s3)ccc21. The van der Waals surface area contributed by atoms with Crippen LogP contribution in [-0.2, 0) is 6.54 Å². The molecule has 0 aliphatic heterocycles. The number of nitrogens with zero attached hydrogens (tertiary/aromatic N) is 3. The summed E-state index contributed by atoms with van der Waals surface area (Å²) in [4.78, 5) is 27.3. The van der Waals surface area contributed by atoms with Crippen LogP contribution in [0.2, 0.25) is 0 Å². The number of amides is 1. The number of benzene rings is 1. The molecule has 0 saturated heterocycles. The van der Waals surface area contributed by atoms with Gasteiger partial charge in [-0.05, 0) is 43.3 Å². The lowest BCUT2D eigenvalue weighted by molar-refractivity contribution is 0.102. The molecule has 1 aromatic carbocycles. The summed E-state index contributed by atoms with van der Waals surface area (Å²) in [5.41, 5.74) is 7.03. The largest absolute Gasteiger partial charge is 0.462 e. The Morgan fingerprint density at radius 2 is 2.22 bits per heavy atom. The molecule has 0 radical (unpaired) electrons. The number of nitrogens with one attached hydrogen (secondary N) is 2. The van der Waals surface area contributed by atoms with E-state index in [4.69, 9.17) is 10.2 Å². The van der Waals surface area contributed by atoms with Crippen molar-refractivity contribution in [1.82, 2.24) is 19.7 Å². The molecule has 27 heavy (non-hydrogen) atoms. The summed E-state index contributed by atoms with van der Waals surface area (Å²) in [7, 11) is 0. The summed E-state index contributed by atoms with van der Waals surface area (Å²) in [6.07, 6.45) is 2.24. The number of carbonyl (C=O) groups is 1. The summed E-state index contributed by atoms with van der Waals surface area (Å²) >= 11 is 1.21. The number of rotatable bonds is 6. The van der Waals surface area contributed by atoms with Crippen molar-refractivity contribution in [3.8, 4) is 10.8 Å². The van der Waals surface area contributed by atoms with Crippen molar-refractivity contribution in [2.75, 3.05) is 11.9 Å². The van der Waals surface area contributed by atoms with E-state index in [0.29, 0.717) is 46.5 Å². The third kappa shape index (κ3) is 3.39. The number of aromatic amines is 1. The quantitative estimate of drug-likeness (QED) is 0.466. The standard InChI is InChI=1S/C17H16N6O3S/c18-6-2-7-23-12-5-4-10(9-11(12)19-17(23)25)14(24)20-16-22-21-15(27-16)13-3-1-8-26-13/h1,3-5,8-9H,2,6-7,18H2,(H,19,25)(H,20,22,24). The van der Waals surface area contributed by atoms with Gasteiger partial charge < -0.3 is 15.1 Å². The normalized spacial score (nSPS) is 11.1. The molecule has 4 rings (SSSR count). The van der Waals surface area contributed by atoms with Gasteiger partial charge in [0.15, 0.2) is 10.8 Å². The number of hydrogen-bond donors (Lipinski definition) is 3. The number of H-pyrrole nitrogens is 1. The zero-order valence-electron chi connectivity index (χ0n) is 14.1. The molecular formula is C17H16N6O3S. The molecule has 4 aromatic rings. The van der Waals surface area contributed by atoms with E-state index in [1.165, 1.54) is 11.3 Å². The number of hydrogen-bond acceptors (Lipinski definition) is 7. The number of aromatic nitrogens is 4. The molecule has 0 unspecified atom stereocenters. The lowest BCUT2D eigenvalue weighted by Gasteiger charge is -2.03. The van der Waals surface area contributed by atoms with Crippen molar-refractivity contribution in [1.29, 1.82) is 0 Å². The fourth-order valence-corrected chi connectivity index (χ4v) is 3.43. The van der Waals surface area contributed by atoms with Crippen LogP contribution in [0.4, 0.5) is 5.13 Å². The Morgan fingerprint density at radius 3 is 3.00 bits per heavy atom. The maximum absolute atomic E-state index is 12.5. The number of furan rings is 1. The van der Waals surface area contributed by atoms with Crippen LogP contribution in [0.3, 0.4) is 0 Å². The summed E-state index contributed by atoms with van der Waals surface area (Å²) in [5, 5.41) is 11.6. The van der Waals surface area contributed by atoms with Crippen LogP contribution in [0.5, 0.6) is 0 Å². The van der Waals surface area contributed by atoms with Crippen LogP contribution < -0.4 is 16.7 Å². The molecule has 0 spiro atoms. The average Bonchev–Trinajstić information content (AvgIpc) is 3.39. The molecular weight excluding hydrogens is 368 g/mol. The first kappa shape index (κ1) is 17.2. The topological polar surface area (TPSA) is 132 Å². The van der Waals surface area contributed by atoms with Gasteiger partial charge in [-0.15, -0.1) is 10.2 Å². The second-order valence-electron chi connectivity index (χ2n) is 5.80. The van der Waals surface area contributed by atoms with Crippen LogP contribution in [0.1, 0.15) is 16.8 Å². The summed E-state index contributed by atoms with van der Waals surface area (Å²) in [6, 6.07) is 8.57. The third-order valence-corrected chi connectivity index (χ3v) is 4.85. The van der Waals surface area contributed by atoms with Crippen molar-refractivity contribution in [2.24, 2.45) is 5.73 Å². The van der Waals surface area contributed by atoms with Gasteiger partial charge in [-0.2, -0.15) is 0 Å². The van der Waals surface area contributed by atoms with Crippen molar-refractivity contribution < 1.29 is 9.21 Å². The molecule has 9 nitrogen and oxygen atoms in total. The Hall–Kier alpha value is -3.24. The van der Waals surface area contributed by atoms with E-state index in [1.807, 2.05) is 0 Å². The van der Waals surface area contributed by atoms with E-state index >= 15 is 0 Å². The third-order valence-electron chi connectivity index (χ3n) is 4.00. The molecule has 3 aromatic heterocycles. The zero-order valence-corrected chi connectivity index (χ0v) is 15.0. The minimum Gasteiger partial charge on any atom is -0.462 e. The van der Waals surface area contributed by atoms with Gasteiger partial charge in [-0.3, -0.25) is 14.7 Å². The molecule has 0 bridgehead atoms. The van der Waals surface area contributed by atoms with Gasteiger partial charge in [0, 0.05) is 12.1 Å². The highest BCUT2D eigenvalue weighted by Crippen LogP contribution is 2.26. The molecule has 0 atom stereocenters. The van der Waals surface area contributed by atoms with Gasteiger partial charge in [-0.25, -0.2) is 4.79 Å².